The quantitative estimate of drug-likeness (QED) is 0.473. The van der Waals surface area contributed by atoms with Crippen molar-refractivity contribution in [2.75, 3.05) is 23.0 Å². The minimum Gasteiger partial charge on any atom is -0.365 e. The molecule has 1 amide bonds. The Labute approximate surface area is 180 Å². The molecule has 0 saturated heterocycles. The Morgan fingerprint density at radius 2 is 1.97 bits per heavy atom. The molecule has 6 nitrogen and oxygen atoms in total. The molecule has 1 aliphatic rings. The van der Waals surface area contributed by atoms with Crippen molar-refractivity contribution in [3.05, 3.63) is 71.3 Å². The number of amides is 1. The summed E-state index contributed by atoms with van der Waals surface area (Å²) in [6.07, 6.45) is 2.33. The fourth-order valence-corrected chi connectivity index (χ4v) is 3.86. The maximum Gasteiger partial charge on any atom is 0.418 e. The Balaban J connectivity index is 1.72. The third-order valence-corrected chi connectivity index (χ3v) is 5.50. The molecular weight excluding hydrogens is 427 g/mol. The number of carbonyl (C=O) groups is 1. The van der Waals surface area contributed by atoms with E-state index in [0.29, 0.717) is 23.7 Å². The number of thioether (sulfide) groups is 1. The number of benzene rings is 1. The van der Waals surface area contributed by atoms with Crippen LogP contribution in [0.2, 0.25) is 0 Å². The van der Waals surface area contributed by atoms with Gasteiger partial charge in [-0.1, -0.05) is 17.8 Å². The van der Waals surface area contributed by atoms with E-state index in [2.05, 4.69) is 20.3 Å². The van der Waals surface area contributed by atoms with E-state index in [9.17, 15) is 18.0 Å². The average Bonchev–Trinajstić information content (AvgIpc) is 2.78. The second-order valence-corrected chi connectivity index (χ2v) is 7.66. The average molecular weight is 445 g/mol. The molecule has 1 aromatic carbocycles. The van der Waals surface area contributed by atoms with E-state index in [0.717, 1.165) is 17.3 Å². The molecule has 1 aliphatic heterocycles. The summed E-state index contributed by atoms with van der Waals surface area (Å²) in [6.45, 7) is 0.554. The summed E-state index contributed by atoms with van der Waals surface area (Å²) < 4.78 is 41.6. The predicted molar refractivity (Wildman–Crippen MR) is 112 cm³/mol. The summed E-state index contributed by atoms with van der Waals surface area (Å²) >= 11 is 1.42. The third kappa shape index (κ3) is 4.48. The van der Waals surface area contributed by atoms with Gasteiger partial charge in [0.2, 0.25) is 0 Å². The van der Waals surface area contributed by atoms with Gasteiger partial charge in [0.1, 0.15) is 0 Å². The molecule has 31 heavy (non-hydrogen) atoms. The van der Waals surface area contributed by atoms with Gasteiger partial charge in [-0.3, -0.25) is 9.78 Å². The van der Waals surface area contributed by atoms with Gasteiger partial charge in [-0.05, 0) is 30.5 Å². The Bertz CT molecular complexity index is 1110. The molecule has 0 atom stereocenters. The largest absolute Gasteiger partial charge is 0.418 e. The lowest BCUT2D eigenvalue weighted by Gasteiger charge is -2.33. The van der Waals surface area contributed by atoms with Crippen molar-refractivity contribution in [2.24, 2.45) is 0 Å². The fourth-order valence-electron chi connectivity index (χ4n) is 3.50. The van der Waals surface area contributed by atoms with Gasteiger partial charge in [-0.2, -0.15) is 13.2 Å². The van der Waals surface area contributed by atoms with Crippen molar-refractivity contribution < 1.29 is 18.0 Å². The van der Waals surface area contributed by atoms with Crippen molar-refractivity contribution in [3.8, 4) is 0 Å². The number of alkyl halides is 3. The number of hydrogen-bond acceptors (Lipinski definition) is 6. The molecule has 1 N–H and O–H groups in total. The summed E-state index contributed by atoms with van der Waals surface area (Å²) in [4.78, 5) is 26.8. The summed E-state index contributed by atoms with van der Waals surface area (Å²) in [7, 11) is 0. The van der Waals surface area contributed by atoms with E-state index in [1.807, 2.05) is 6.26 Å². The van der Waals surface area contributed by atoms with Crippen LogP contribution in [0.15, 0.2) is 54.1 Å². The summed E-state index contributed by atoms with van der Waals surface area (Å²) in [5, 5.41) is 3.27. The molecule has 0 unspecified atom stereocenters. The summed E-state index contributed by atoms with van der Waals surface area (Å²) in [5.74, 6) is -0.506. The lowest BCUT2D eigenvalue weighted by molar-refractivity contribution is -0.137. The van der Waals surface area contributed by atoms with E-state index in [4.69, 9.17) is 0 Å². The van der Waals surface area contributed by atoms with Gasteiger partial charge in [0.15, 0.2) is 5.16 Å². The van der Waals surface area contributed by atoms with Crippen LogP contribution in [-0.4, -0.2) is 33.7 Å². The fraction of sp³-hybridized carbons (Fsp3) is 0.238. The van der Waals surface area contributed by atoms with Crippen LogP contribution in [0.5, 0.6) is 0 Å². The molecular formula is C21H18F3N5OS. The molecule has 0 saturated carbocycles. The molecule has 3 aromatic rings. The highest BCUT2D eigenvalue weighted by atomic mass is 32.2. The maximum atomic E-state index is 13.9. The number of pyridine rings is 1. The lowest BCUT2D eigenvalue weighted by Crippen LogP contribution is -2.34. The van der Waals surface area contributed by atoms with Gasteiger partial charge in [0.05, 0.1) is 22.6 Å². The number of nitrogens with one attached hydrogen (secondary N) is 1. The number of rotatable bonds is 4. The number of hydrogen-bond donors (Lipinski definition) is 1. The molecule has 0 bridgehead atoms. The van der Waals surface area contributed by atoms with Gasteiger partial charge in [-0.15, -0.1) is 0 Å². The topological polar surface area (TPSA) is 71.0 Å². The van der Waals surface area contributed by atoms with Crippen molar-refractivity contribution >= 4 is 29.0 Å². The molecule has 10 heteroatoms. The van der Waals surface area contributed by atoms with Crippen LogP contribution in [0.3, 0.4) is 0 Å². The van der Waals surface area contributed by atoms with E-state index >= 15 is 0 Å². The van der Waals surface area contributed by atoms with Crippen LogP contribution in [-0.2, 0) is 19.1 Å². The molecule has 0 radical (unpaired) electrons. The van der Waals surface area contributed by atoms with Crippen molar-refractivity contribution in [3.63, 3.8) is 0 Å². The number of anilines is 2. The minimum absolute atomic E-state index is 0.0583. The van der Waals surface area contributed by atoms with Gasteiger partial charge >= 0.3 is 6.18 Å². The number of halogens is 3. The molecule has 0 aliphatic carbocycles. The first-order chi connectivity index (χ1) is 14.9. The van der Waals surface area contributed by atoms with Crippen LogP contribution < -0.4 is 10.2 Å². The van der Waals surface area contributed by atoms with E-state index < -0.39 is 17.6 Å². The van der Waals surface area contributed by atoms with E-state index in [-0.39, 0.29) is 17.9 Å². The SMILES string of the molecule is CSc1ncc2c(n1)CCN(c1c(NC(=O)c3ccncc3)cccc1C(F)(F)F)C2. The molecule has 2 aromatic heterocycles. The van der Waals surface area contributed by atoms with Crippen LogP contribution in [0.1, 0.15) is 27.2 Å². The first-order valence-electron chi connectivity index (χ1n) is 9.42. The second-order valence-electron chi connectivity index (χ2n) is 6.89. The second kappa shape index (κ2) is 8.54. The normalized spacial score (nSPS) is 13.6. The van der Waals surface area contributed by atoms with Gasteiger partial charge < -0.3 is 10.2 Å². The van der Waals surface area contributed by atoms with Crippen LogP contribution in [0, 0.1) is 0 Å². The number of nitrogens with zero attached hydrogens (tertiary/aromatic N) is 4. The lowest BCUT2D eigenvalue weighted by atomic mass is 10.0. The van der Waals surface area contributed by atoms with Gasteiger partial charge in [0.25, 0.3) is 5.91 Å². The zero-order chi connectivity index (χ0) is 22.0. The Hall–Kier alpha value is -3.14. The zero-order valence-electron chi connectivity index (χ0n) is 16.5. The number of para-hydroxylation sites is 1. The zero-order valence-corrected chi connectivity index (χ0v) is 17.3. The monoisotopic (exact) mass is 445 g/mol. The Morgan fingerprint density at radius 3 is 2.68 bits per heavy atom. The molecule has 0 fully saturated rings. The predicted octanol–water partition coefficient (Wildman–Crippen LogP) is 4.43. The van der Waals surface area contributed by atoms with Crippen molar-refractivity contribution in [2.45, 2.75) is 24.3 Å². The van der Waals surface area contributed by atoms with E-state index in [1.54, 1.807) is 11.1 Å². The highest BCUT2D eigenvalue weighted by molar-refractivity contribution is 7.98. The minimum atomic E-state index is -4.58. The van der Waals surface area contributed by atoms with Crippen LogP contribution >= 0.6 is 11.8 Å². The van der Waals surface area contributed by atoms with Crippen LogP contribution in [0.4, 0.5) is 24.5 Å². The smallest absolute Gasteiger partial charge is 0.365 e. The maximum absolute atomic E-state index is 13.9. The first kappa shape index (κ1) is 21.1. The first-order valence-corrected chi connectivity index (χ1v) is 10.6. The number of fused-ring (bicyclic) bond motifs is 1. The molecule has 0 spiro atoms. The Morgan fingerprint density at radius 1 is 1.19 bits per heavy atom. The van der Waals surface area contributed by atoms with E-state index in [1.165, 1.54) is 48.4 Å². The number of carbonyl (C=O) groups excluding carboxylic acids is 1. The molecule has 160 valence electrons. The molecule has 4 rings (SSSR count). The summed E-state index contributed by atoms with van der Waals surface area (Å²) in [5.41, 5.74) is 1.15. The highest BCUT2D eigenvalue weighted by Crippen LogP contribution is 2.42. The highest BCUT2D eigenvalue weighted by Gasteiger charge is 2.37. The van der Waals surface area contributed by atoms with Gasteiger partial charge in [-0.25, -0.2) is 9.97 Å². The van der Waals surface area contributed by atoms with Crippen molar-refractivity contribution in [1.29, 1.82) is 0 Å². The third-order valence-electron chi connectivity index (χ3n) is 4.94. The Kier molecular flexibility index (Phi) is 5.81. The van der Waals surface area contributed by atoms with Crippen LogP contribution in [0.25, 0.3) is 0 Å². The standard InChI is InChI=1S/C21H18F3N5OS/c1-31-20-26-11-14-12-29(10-7-16(14)28-20)18-15(21(22,23)24)3-2-4-17(18)27-19(30)13-5-8-25-9-6-13/h2-6,8-9,11H,7,10,12H2,1H3,(H,27,30). The van der Waals surface area contributed by atoms with Crippen molar-refractivity contribution in [1.82, 2.24) is 15.0 Å². The summed E-state index contributed by atoms with van der Waals surface area (Å²) in [6, 6.07) is 6.80. The molecule has 3 heterocycles. The number of aromatic nitrogens is 3. The van der Waals surface area contributed by atoms with Gasteiger partial charge in [0, 0.05) is 49.2 Å².